The highest BCUT2D eigenvalue weighted by Gasteiger charge is 2.30. The van der Waals surface area contributed by atoms with Gasteiger partial charge in [-0.2, -0.15) is 0 Å². The fraction of sp³-hybridized carbons (Fsp3) is 0.261. The Kier molecular flexibility index (Phi) is 15.7. The van der Waals surface area contributed by atoms with Crippen LogP contribution in [0, 0.1) is 5.92 Å². The number of amides is 5. The van der Waals surface area contributed by atoms with Gasteiger partial charge in [0.1, 0.15) is 18.1 Å². The number of hydrogen-bond acceptors (Lipinski definition) is 7. The van der Waals surface area contributed by atoms with Gasteiger partial charge in [-0.15, -0.1) is 11.3 Å². The van der Waals surface area contributed by atoms with Crippen molar-refractivity contribution in [3.05, 3.63) is 148 Å². The van der Waals surface area contributed by atoms with Crippen molar-refractivity contribution in [3.63, 3.8) is 0 Å². The zero-order valence-corrected chi connectivity index (χ0v) is 33.7. The Morgan fingerprint density at radius 2 is 1.20 bits per heavy atom. The van der Waals surface area contributed by atoms with Gasteiger partial charge in [-0.05, 0) is 57.8 Å². The molecule has 0 saturated carbocycles. The van der Waals surface area contributed by atoms with E-state index in [1.807, 2.05) is 102 Å². The Morgan fingerprint density at radius 3 is 1.81 bits per heavy atom. The molecule has 5 atom stereocenters. The number of nitrogens with two attached hydrogens (primary N) is 1. The molecule has 5 rings (SSSR count). The minimum absolute atomic E-state index is 0.160. The van der Waals surface area contributed by atoms with Crippen LogP contribution in [0.1, 0.15) is 54.2 Å². The predicted octanol–water partition coefficient (Wildman–Crippen LogP) is 5.63. The highest BCUT2D eigenvalue weighted by Crippen LogP contribution is 2.22. The fourth-order valence-corrected chi connectivity index (χ4v) is 7.32. The zero-order chi connectivity index (χ0) is 42.3. The lowest BCUT2D eigenvalue weighted by Gasteiger charge is -2.23. The quantitative estimate of drug-likeness (QED) is 0.0586. The number of hydrogen-bond donors (Lipinski definition) is 6. The first-order chi connectivity index (χ1) is 28.4. The maximum absolute atomic E-state index is 13.6. The van der Waals surface area contributed by atoms with Crippen LogP contribution in [0.15, 0.2) is 127 Å². The van der Waals surface area contributed by atoms with Crippen molar-refractivity contribution < 1.29 is 33.9 Å². The average molecular weight is 816 g/mol. The van der Waals surface area contributed by atoms with Crippen LogP contribution in [0.25, 0.3) is 11.1 Å². The molecule has 0 aliphatic heterocycles. The maximum Gasteiger partial charge on any atom is 0.326 e. The minimum atomic E-state index is -1.12. The molecular weight excluding hydrogens is 767 g/mol. The molecule has 1 heterocycles. The van der Waals surface area contributed by atoms with Crippen molar-refractivity contribution >= 4 is 52.5 Å². The Morgan fingerprint density at radius 1 is 0.610 bits per heavy atom. The maximum atomic E-state index is 13.6. The lowest BCUT2D eigenvalue weighted by atomic mass is 9.92. The van der Waals surface area contributed by atoms with E-state index >= 15 is 0 Å². The molecule has 0 saturated heterocycles. The number of nitrogens with one attached hydrogen (secondary N) is 4. The molecular formula is C46H49N5O7S. The number of carbonyl (C=O) groups is 6. The van der Waals surface area contributed by atoms with Crippen molar-refractivity contribution in [3.8, 4) is 11.1 Å². The van der Waals surface area contributed by atoms with E-state index in [4.69, 9.17) is 5.73 Å². The Hall–Kier alpha value is -6.60. The van der Waals surface area contributed by atoms with Crippen LogP contribution in [0.2, 0.25) is 0 Å². The summed E-state index contributed by atoms with van der Waals surface area (Å²) in [6.07, 6.45) is 0.324. The highest BCUT2D eigenvalue weighted by atomic mass is 32.1. The zero-order valence-electron chi connectivity index (χ0n) is 32.9. The summed E-state index contributed by atoms with van der Waals surface area (Å²) in [7, 11) is 0. The number of primary amides is 1. The van der Waals surface area contributed by atoms with Gasteiger partial charge in [0.25, 0.3) is 0 Å². The number of rotatable bonds is 20. The van der Waals surface area contributed by atoms with Crippen molar-refractivity contribution in [1.29, 1.82) is 0 Å². The number of carbonyl (C=O) groups excluding carboxylic acids is 5. The molecule has 0 spiro atoms. The number of carboxylic acid groups (broad SMARTS) is 1. The van der Waals surface area contributed by atoms with E-state index < -0.39 is 59.6 Å². The standard InChI is InChI=1S/C46H49N5O7S/c1-29(44(55)51-42(46(57)58)30(2)33-10-5-3-6-11-33)26-31-17-21-36(22-18-31)48-40(52)23-24-41(53)49-39(28-37-14-9-25-59-37)45(56)50-38(43(47)54)27-32-15-19-35(20-16-32)34-12-7-4-8-13-34/h3-22,25,29-30,38-39,42H,23-24,26-28H2,1-2H3,(H2,47,54)(H,48,52)(H,49,53)(H,50,56)(H,51,55)(H,57,58)/t29-,30?,38+,39?,42+/m1/s1. The molecule has 5 amide bonds. The van der Waals surface area contributed by atoms with Crippen molar-refractivity contribution in [2.75, 3.05) is 5.32 Å². The molecule has 0 bridgehead atoms. The third kappa shape index (κ3) is 13.2. The van der Waals surface area contributed by atoms with E-state index in [2.05, 4.69) is 21.3 Å². The molecule has 306 valence electrons. The molecule has 12 nitrogen and oxygen atoms in total. The SMILES string of the molecule is CC(c1ccccc1)[C@H](NC(=O)[C@H](C)Cc1ccc(NC(=O)CCC(=O)NC(Cc2cccs2)C(=O)N[C@@H](Cc2ccc(-c3ccccc3)cc2)C(N)=O)cc1)C(=O)O. The smallest absolute Gasteiger partial charge is 0.326 e. The normalized spacial score (nSPS) is 13.5. The lowest BCUT2D eigenvalue weighted by molar-refractivity contribution is -0.143. The largest absolute Gasteiger partial charge is 0.480 e. The van der Waals surface area contributed by atoms with Gasteiger partial charge >= 0.3 is 5.97 Å². The van der Waals surface area contributed by atoms with Crippen LogP contribution in [-0.4, -0.2) is 58.7 Å². The van der Waals surface area contributed by atoms with Crippen molar-refractivity contribution in [1.82, 2.24) is 16.0 Å². The summed E-state index contributed by atoms with van der Waals surface area (Å²) in [6.45, 7) is 3.48. The Balaban J connectivity index is 1.10. The third-order valence-corrected chi connectivity index (χ3v) is 10.9. The van der Waals surface area contributed by atoms with Gasteiger partial charge in [0.05, 0.1) is 0 Å². The summed E-state index contributed by atoms with van der Waals surface area (Å²) < 4.78 is 0. The van der Waals surface area contributed by atoms with Crippen LogP contribution in [-0.2, 0) is 48.0 Å². The second-order valence-electron chi connectivity index (χ2n) is 14.5. The second kappa shape index (κ2) is 21.2. The number of thiophene rings is 1. The van der Waals surface area contributed by atoms with E-state index in [1.54, 1.807) is 38.1 Å². The minimum Gasteiger partial charge on any atom is -0.480 e. The molecule has 1 aromatic heterocycles. The van der Waals surface area contributed by atoms with E-state index in [9.17, 15) is 33.9 Å². The number of carboxylic acids is 1. The summed E-state index contributed by atoms with van der Waals surface area (Å²) in [4.78, 5) is 77.8. The van der Waals surface area contributed by atoms with Gasteiger partial charge in [-0.1, -0.05) is 117 Å². The highest BCUT2D eigenvalue weighted by molar-refractivity contribution is 7.09. The van der Waals surface area contributed by atoms with Crippen LogP contribution >= 0.6 is 11.3 Å². The van der Waals surface area contributed by atoms with Crippen LogP contribution in [0.3, 0.4) is 0 Å². The first-order valence-electron chi connectivity index (χ1n) is 19.4. The number of benzene rings is 4. The molecule has 2 unspecified atom stereocenters. The average Bonchev–Trinajstić information content (AvgIpc) is 3.76. The molecule has 13 heteroatoms. The van der Waals surface area contributed by atoms with Crippen molar-refractivity contribution in [2.24, 2.45) is 11.7 Å². The topological polar surface area (TPSA) is 197 Å². The Labute approximate surface area is 347 Å². The monoisotopic (exact) mass is 815 g/mol. The second-order valence-corrected chi connectivity index (χ2v) is 15.5. The molecule has 0 fully saturated rings. The van der Waals surface area contributed by atoms with Gasteiger partial charge in [-0.3, -0.25) is 24.0 Å². The first-order valence-corrected chi connectivity index (χ1v) is 20.3. The van der Waals surface area contributed by atoms with Crippen LogP contribution < -0.4 is 27.0 Å². The Bertz CT molecular complexity index is 2180. The number of anilines is 1. The van der Waals surface area contributed by atoms with Crippen LogP contribution in [0.4, 0.5) is 5.69 Å². The summed E-state index contributed by atoms with van der Waals surface area (Å²) in [5.41, 5.74) is 10.7. The van der Waals surface area contributed by atoms with Crippen molar-refractivity contribution in [2.45, 2.75) is 70.0 Å². The molecule has 7 N–H and O–H groups in total. The molecule has 59 heavy (non-hydrogen) atoms. The van der Waals surface area contributed by atoms with E-state index in [0.717, 1.165) is 32.7 Å². The van der Waals surface area contributed by atoms with Gasteiger partial charge in [-0.25, -0.2) is 4.79 Å². The predicted molar refractivity (Wildman–Crippen MR) is 228 cm³/mol. The third-order valence-electron chi connectivity index (χ3n) is 9.99. The van der Waals surface area contributed by atoms with Gasteiger partial charge in [0.2, 0.25) is 29.5 Å². The molecule has 0 radical (unpaired) electrons. The fourth-order valence-electron chi connectivity index (χ4n) is 6.57. The molecule has 0 aliphatic carbocycles. The van der Waals surface area contributed by atoms with E-state index in [-0.39, 0.29) is 31.6 Å². The van der Waals surface area contributed by atoms with Gasteiger partial charge in [0.15, 0.2) is 0 Å². The van der Waals surface area contributed by atoms with E-state index in [1.165, 1.54) is 11.3 Å². The summed E-state index contributed by atoms with van der Waals surface area (Å²) >= 11 is 1.42. The summed E-state index contributed by atoms with van der Waals surface area (Å²) in [5.74, 6) is -4.69. The number of aliphatic carboxylic acids is 1. The van der Waals surface area contributed by atoms with Crippen LogP contribution in [0.5, 0.6) is 0 Å². The molecule has 0 aliphatic rings. The van der Waals surface area contributed by atoms with Gasteiger partial charge in [0, 0.05) is 48.1 Å². The summed E-state index contributed by atoms with van der Waals surface area (Å²) in [5, 5.41) is 22.6. The lowest BCUT2D eigenvalue weighted by Crippen LogP contribution is -2.54. The first kappa shape index (κ1) is 43.5. The molecule has 5 aromatic rings. The molecule has 4 aromatic carbocycles. The van der Waals surface area contributed by atoms with E-state index in [0.29, 0.717) is 12.1 Å². The van der Waals surface area contributed by atoms with Gasteiger partial charge < -0.3 is 32.1 Å². The summed E-state index contributed by atoms with van der Waals surface area (Å²) in [6, 6.07) is 34.1.